The molecule has 0 radical (unpaired) electrons. The average molecular weight is 449 g/mol. The van der Waals surface area contributed by atoms with E-state index in [0.717, 1.165) is 16.3 Å². The molecule has 0 unspecified atom stereocenters. The highest BCUT2D eigenvalue weighted by Gasteiger charge is 2.25. The number of amides is 1. The van der Waals surface area contributed by atoms with Crippen LogP contribution < -0.4 is 4.90 Å². The summed E-state index contributed by atoms with van der Waals surface area (Å²) in [4.78, 5) is 25.5. The Balaban J connectivity index is 1.17. The molecule has 2 aromatic heterocycles. The highest BCUT2D eigenvalue weighted by molar-refractivity contribution is 7.98. The fourth-order valence-corrected chi connectivity index (χ4v) is 4.46. The normalized spacial score (nSPS) is 14.2. The van der Waals surface area contributed by atoms with Gasteiger partial charge >= 0.3 is 0 Å². The number of anilines is 1. The quantitative estimate of drug-likeness (QED) is 0.415. The van der Waals surface area contributed by atoms with E-state index in [1.807, 2.05) is 52.3 Å². The molecule has 4 aromatic rings. The molecule has 1 aliphatic heterocycles. The maximum Gasteiger partial charge on any atom is 0.298 e. The number of fused-ring (bicyclic) bond motifs is 1. The van der Waals surface area contributed by atoms with Gasteiger partial charge in [-0.2, -0.15) is 4.98 Å². The minimum atomic E-state index is -0.350. The number of hydrogen-bond acceptors (Lipinski definition) is 6. The first kappa shape index (κ1) is 20.5. The van der Waals surface area contributed by atoms with Gasteiger partial charge in [-0.05, 0) is 42.0 Å². The summed E-state index contributed by atoms with van der Waals surface area (Å²) in [5.41, 5.74) is 2.89. The topological polar surface area (TPSA) is 62.5 Å². The molecule has 8 heteroatoms. The smallest absolute Gasteiger partial charge is 0.298 e. The zero-order valence-corrected chi connectivity index (χ0v) is 18.1. The molecule has 1 fully saturated rings. The Morgan fingerprint density at radius 2 is 1.84 bits per heavy atom. The molecule has 0 N–H and O–H groups in total. The summed E-state index contributed by atoms with van der Waals surface area (Å²) in [6.07, 6.45) is 1.79. The standard InChI is InChI=1S/C24H21FN4O2S/c25-19-8-9-20-21(15-19)31-24(27-20)29-13-11-28(12-14-29)23(30)18-6-4-17(5-7-18)16-32-22-3-1-2-10-26-22/h1-10,15H,11-14,16H2. The molecule has 3 heterocycles. The SMILES string of the molecule is O=C(c1ccc(CSc2ccccn2)cc1)N1CCN(c2nc3ccc(F)cc3o2)CC1. The van der Waals surface area contributed by atoms with Crippen molar-refractivity contribution >= 4 is 34.8 Å². The summed E-state index contributed by atoms with van der Waals surface area (Å²) in [6, 6.07) is 18.4. The van der Waals surface area contributed by atoms with E-state index in [4.69, 9.17) is 4.42 Å². The number of nitrogens with zero attached hydrogens (tertiary/aromatic N) is 4. The zero-order valence-electron chi connectivity index (χ0n) is 17.3. The van der Waals surface area contributed by atoms with Gasteiger partial charge in [-0.1, -0.05) is 18.2 Å². The van der Waals surface area contributed by atoms with E-state index in [0.29, 0.717) is 48.9 Å². The minimum Gasteiger partial charge on any atom is -0.423 e. The Morgan fingerprint density at radius 1 is 1.03 bits per heavy atom. The molecule has 162 valence electrons. The maximum absolute atomic E-state index is 13.4. The Hall–Kier alpha value is -3.39. The average Bonchev–Trinajstić information content (AvgIpc) is 3.27. The first-order chi connectivity index (χ1) is 15.7. The number of halogens is 1. The van der Waals surface area contributed by atoms with Gasteiger partial charge in [-0.15, -0.1) is 11.8 Å². The van der Waals surface area contributed by atoms with Crippen LogP contribution in [0.2, 0.25) is 0 Å². The van der Waals surface area contributed by atoms with E-state index >= 15 is 0 Å². The molecule has 0 atom stereocenters. The minimum absolute atomic E-state index is 0.0215. The third-order valence-electron chi connectivity index (χ3n) is 5.40. The summed E-state index contributed by atoms with van der Waals surface area (Å²) in [5.74, 6) is 0.476. The van der Waals surface area contributed by atoms with E-state index in [9.17, 15) is 9.18 Å². The van der Waals surface area contributed by atoms with Crippen LogP contribution in [-0.4, -0.2) is 47.0 Å². The van der Waals surface area contributed by atoms with Crippen molar-refractivity contribution in [2.24, 2.45) is 0 Å². The molecular weight excluding hydrogens is 427 g/mol. The number of rotatable bonds is 5. The van der Waals surface area contributed by atoms with Gasteiger partial charge in [0, 0.05) is 49.8 Å². The van der Waals surface area contributed by atoms with Gasteiger partial charge < -0.3 is 14.2 Å². The summed E-state index contributed by atoms with van der Waals surface area (Å²) in [6.45, 7) is 2.37. The predicted octanol–water partition coefficient (Wildman–Crippen LogP) is 4.62. The van der Waals surface area contributed by atoms with Gasteiger partial charge in [0.1, 0.15) is 11.3 Å². The van der Waals surface area contributed by atoms with Gasteiger partial charge in [0.25, 0.3) is 11.9 Å². The molecule has 0 saturated carbocycles. The number of piperazine rings is 1. The van der Waals surface area contributed by atoms with Crippen molar-refractivity contribution in [1.29, 1.82) is 0 Å². The highest BCUT2D eigenvalue weighted by Crippen LogP contribution is 2.24. The van der Waals surface area contributed by atoms with Gasteiger partial charge in [0.2, 0.25) is 0 Å². The molecule has 0 spiro atoms. The number of thioether (sulfide) groups is 1. The Labute approximate surface area is 189 Å². The van der Waals surface area contributed by atoms with Crippen LogP contribution in [0, 0.1) is 5.82 Å². The number of aromatic nitrogens is 2. The second-order valence-corrected chi connectivity index (χ2v) is 8.54. The molecule has 1 aliphatic rings. The fourth-order valence-electron chi connectivity index (χ4n) is 3.64. The third-order valence-corrected chi connectivity index (χ3v) is 6.42. The number of carbonyl (C=O) groups is 1. The van der Waals surface area contributed by atoms with Crippen molar-refractivity contribution in [2.45, 2.75) is 10.8 Å². The number of hydrogen-bond donors (Lipinski definition) is 0. The molecule has 1 amide bonds. The van der Waals surface area contributed by atoms with E-state index in [1.165, 1.54) is 12.1 Å². The van der Waals surface area contributed by atoms with Crippen molar-refractivity contribution in [3.05, 3.63) is 83.8 Å². The molecule has 6 nitrogen and oxygen atoms in total. The van der Waals surface area contributed by atoms with Crippen LogP contribution in [0.15, 0.2) is 76.3 Å². The van der Waals surface area contributed by atoms with E-state index in [2.05, 4.69) is 9.97 Å². The van der Waals surface area contributed by atoms with E-state index in [-0.39, 0.29) is 11.7 Å². The Bertz CT molecular complexity index is 1220. The number of benzene rings is 2. The molecule has 1 saturated heterocycles. The first-order valence-corrected chi connectivity index (χ1v) is 11.4. The van der Waals surface area contributed by atoms with E-state index < -0.39 is 0 Å². The fraction of sp³-hybridized carbons (Fsp3) is 0.208. The number of pyridine rings is 1. The van der Waals surface area contributed by atoms with Crippen molar-refractivity contribution in [1.82, 2.24) is 14.9 Å². The van der Waals surface area contributed by atoms with Gasteiger partial charge in [0.15, 0.2) is 5.58 Å². The second-order valence-electron chi connectivity index (χ2n) is 7.54. The molecule has 32 heavy (non-hydrogen) atoms. The Kier molecular flexibility index (Phi) is 5.77. The molecule has 0 aliphatic carbocycles. The highest BCUT2D eigenvalue weighted by atomic mass is 32.2. The van der Waals surface area contributed by atoms with Crippen LogP contribution in [0.25, 0.3) is 11.1 Å². The zero-order chi connectivity index (χ0) is 21.9. The van der Waals surface area contributed by atoms with Crippen LogP contribution in [0.3, 0.4) is 0 Å². The number of oxazole rings is 1. The van der Waals surface area contributed by atoms with Crippen LogP contribution in [-0.2, 0) is 5.75 Å². The molecule has 2 aromatic carbocycles. The van der Waals surface area contributed by atoms with Crippen LogP contribution in [0.1, 0.15) is 15.9 Å². The lowest BCUT2D eigenvalue weighted by Gasteiger charge is -2.33. The third kappa shape index (κ3) is 4.45. The molecule has 0 bridgehead atoms. The van der Waals surface area contributed by atoms with Crippen LogP contribution >= 0.6 is 11.8 Å². The first-order valence-electron chi connectivity index (χ1n) is 10.4. The second kappa shape index (κ2) is 9.00. The summed E-state index contributed by atoms with van der Waals surface area (Å²) in [7, 11) is 0. The molecular formula is C24H21FN4O2S. The maximum atomic E-state index is 13.4. The number of carbonyl (C=O) groups excluding carboxylic acids is 1. The lowest BCUT2D eigenvalue weighted by Crippen LogP contribution is -2.48. The van der Waals surface area contributed by atoms with E-state index in [1.54, 1.807) is 24.0 Å². The summed E-state index contributed by atoms with van der Waals surface area (Å²) in [5, 5.41) is 0.981. The summed E-state index contributed by atoms with van der Waals surface area (Å²) >= 11 is 1.67. The lowest BCUT2D eigenvalue weighted by molar-refractivity contribution is 0.0745. The predicted molar refractivity (Wildman–Crippen MR) is 122 cm³/mol. The van der Waals surface area contributed by atoms with Gasteiger partial charge in [-0.3, -0.25) is 4.79 Å². The van der Waals surface area contributed by atoms with Crippen LogP contribution in [0.4, 0.5) is 10.4 Å². The van der Waals surface area contributed by atoms with Gasteiger partial charge in [0.05, 0.1) is 5.03 Å². The van der Waals surface area contributed by atoms with Crippen molar-refractivity contribution in [3.63, 3.8) is 0 Å². The molecule has 5 rings (SSSR count). The van der Waals surface area contributed by atoms with Crippen molar-refractivity contribution in [2.75, 3.05) is 31.1 Å². The van der Waals surface area contributed by atoms with Crippen LogP contribution in [0.5, 0.6) is 0 Å². The van der Waals surface area contributed by atoms with Crippen molar-refractivity contribution < 1.29 is 13.6 Å². The lowest BCUT2D eigenvalue weighted by atomic mass is 10.1. The Morgan fingerprint density at radius 3 is 2.59 bits per heavy atom. The summed E-state index contributed by atoms with van der Waals surface area (Å²) < 4.78 is 19.1. The largest absolute Gasteiger partial charge is 0.423 e. The van der Waals surface area contributed by atoms with Gasteiger partial charge in [-0.25, -0.2) is 9.37 Å². The monoisotopic (exact) mass is 448 g/mol. The van der Waals surface area contributed by atoms with Crippen molar-refractivity contribution in [3.8, 4) is 0 Å².